The Kier molecular flexibility index (Phi) is 4.24. The van der Waals surface area contributed by atoms with Crippen molar-refractivity contribution in [3.8, 4) is 5.75 Å². The minimum Gasteiger partial charge on any atom is -0.669 e. The highest BCUT2D eigenvalue weighted by Gasteiger charge is 2.33. The van der Waals surface area contributed by atoms with Gasteiger partial charge in [0.05, 0.1) is 18.0 Å². The maximum Gasteiger partial charge on any atom is 0.430 e. The van der Waals surface area contributed by atoms with Crippen LogP contribution in [0, 0.1) is 5.41 Å². The highest BCUT2D eigenvalue weighted by atomic mass is 16.6. The molecule has 6 N–H and O–H groups in total. The van der Waals surface area contributed by atoms with Gasteiger partial charge in [0.1, 0.15) is 5.56 Å². The average molecular weight is 387 g/mol. The van der Waals surface area contributed by atoms with Crippen LogP contribution >= 0.6 is 0 Å². The summed E-state index contributed by atoms with van der Waals surface area (Å²) in [5, 5.41) is 44.9. The normalized spacial score (nSPS) is 18.1. The predicted octanol–water partition coefficient (Wildman–Crippen LogP) is -0.824. The molecule has 0 aliphatic carbocycles. The van der Waals surface area contributed by atoms with E-state index in [1.54, 1.807) is 23.2 Å². The Morgan fingerprint density at radius 3 is 2.82 bits per heavy atom. The number of aryl methyl sites for hydroxylation is 1. The molecule has 0 bridgehead atoms. The number of hydrogen-bond acceptors (Lipinski definition) is 7. The van der Waals surface area contributed by atoms with Gasteiger partial charge < -0.3 is 30.4 Å². The minimum atomic E-state index is -3.06. The van der Waals surface area contributed by atoms with E-state index in [0.717, 1.165) is 5.69 Å². The molecule has 11 nitrogen and oxygen atoms in total. The van der Waals surface area contributed by atoms with Crippen molar-refractivity contribution < 1.29 is 24.6 Å². The van der Waals surface area contributed by atoms with Gasteiger partial charge in [-0.25, -0.2) is 9.48 Å². The molecule has 148 valence electrons. The Labute approximate surface area is 159 Å². The SMILES string of the molecule is N=C(N)N1CC(c2cn(Cc3ccc4c(c3C(=O)O)O[B-](O)(O)CC4)nn2)C1. The van der Waals surface area contributed by atoms with Gasteiger partial charge in [-0.3, -0.25) is 5.41 Å². The molecule has 28 heavy (non-hydrogen) atoms. The van der Waals surface area contributed by atoms with Crippen LogP contribution in [-0.2, 0) is 13.0 Å². The van der Waals surface area contributed by atoms with Crippen molar-refractivity contribution in [2.24, 2.45) is 5.73 Å². The minimum absolute atomic E-state index is 0.00215. The Morgan fingerprint density at radius 1 is 1.39 bits per heavy atom. The van der Waals surface area contributed by atoms with Gasteiger partial charge in [-0.05, 0) is 17.5 Å². The number of nitrogens with two attached hydrogens (primary N) is 1. The molecular formula is C16H20BN6O5-. The Bertz CT molecular complexity index is 955. The molecule has 0 amide bonds. The second-order valence-electron chi connectivity index (χ2n) is 7.24. The molecule has 0 saturated carbocycles. The summed E-state index contributed by atoms with van der Waals surface area (Å²) >= 11 is 0. The second kappa shape index (κ2) is 6.50. The number of aromatic nitrogens is 3. The first-order valence-corrected chi connectivity index (χ1v) is 8.90. The zero-order valence-corrected chi connectivity index (χ0v) is 14.9. The molecule has 0 unspecified atom stereocenters. The fourth-order valence-corrected chi connectivity index (χ4v) is 3.57. The maximum absolute atomic E-state index is 11.8. The summed E-state index contributed by atoms with van der Waals surface area (Å²) in [4.78, 5) is 13.6. The quantitative estimate of drug-likeness (QED) is 0.255. The lowest BCUT2D eigenvalue weighted by Gasteiger charge is -2.38. The van der Waals surface area contributed by atoms with E-state index in [4.69, 9.17) is 15.8 Å². The highest BCUT2D eigenvalue weighted by Crippen LogP contribution is 2.35. The third-order valence-electron chi connectivity index (χ3n) is 5.16. The predicted molar refractivity (Wildman–Crippen MR) is 98.1 cm³/mol. The average Bonchev–Trinajstić information content (AvgIpc) is 2.99. The molecule has 2 aromatic rings. The van der Waals surface area contributed by atoms with E-state index < -0.39 is 12.7 Å². The summed E-state index contributed by atoms with van der Waals surface area (Å²) in [6.07, 6.45) is 2.08. The first-order chi connectivity index (χ1) is 13.2. The standard InChI is InChI=1S/C16H20BN6O5/c18-16(19)22-5-11(6-22)12-8-23(21-20-12)7-10-2-1-9-3-4-17(26,27)28-14(9)13(10)15(24)25/h1-2,8,11,26-27H,3-7H2,(H3,18,19)(H,24,25)/q-1. The van der Waals surface area contributed by atoms with E-state index in [0.29, 0.717) is 30.6 Å². The third-order valence-corrected chi connectivity index (χ3v) is 5.16. The third kappa shape index (κ3) is 3.27. The van der Waals surface area contributed by atoms with Crippen LogP contribution in [-0.4, -0.2) is 66.8 Å². The number of likely N-dealkylation sites (tertiary alicyclic amines) is 1. The van der Waals surface area contributed by atoms with E-state index >= 15 is 0 Å². The Hall–Kier alpha value is -3.12. The number of aromatic carboxylic acids is 1. The second-order valence-corrected chi connectivity index (χ2v) is 7.24. The van der Waals surface area contributed by atoms with Gasteiger partial charge >= 0.3 is 12.7 Å². The van der Waals surface area contributed by atoms with Gasteiger partial charge in [0.25, 0.3) is 0 Å². The Morgan fingerprint density at radius 2 is 2.14 bits per heavy atom. The number of carboxylic acids is 1. The van der Waals surface area contributed by atoms with Crippen molar-refractivity contribution in [3.63, 3.8) is 0 Å². The number of guanidine groups is 1. The molecule has 1 aromatic heterocycles. The van der Waals surface area contributed by atoms with E-state index in [-0.39, 0.29) is 36.1 Å². The molecule has 2 aliphatic heterocycles. The lowest BCUT2D eigenvalue weighted by atomic mass is 9.70. The van der Waals surface area contributed by atoms with Crippen molar-refractivity contribution in [2.75, 3.05) is 13.1 Å². The number of hydrogen-bond donors (Lipinski definition) is 5. The molecule has 0 spiro atoms. The van der Waals surface area contributed by atoms with Crippen LogP contribution in [0.2, 0.25) is 6.32 Å². The zero-order chi connectivity index (χ0) is 20.1. The number of benzene rings is 1. The lowest BCUT2D eigenvalue weighted by molar-refractivity contribution is 0.0692. The van der Waals surface area contributed by atoms with Crippen molar-refractivity contribution in [3.05, 3.63) is 40.7 Å². The van der Waals surface area contributed by atoms with Crippen molar-refractivity contribution >= 4 is 18.7 Å². The van der Waals surface area contributed by atoms with Crippen LogP contribution in [0.5, 0.6) is 5.75 Å². The fraction of sp³-hybridized carbons (Fsp3) is 0.375. The summed E-state index contributed by atoms with van der Waals surface area (Å²) in [5.74, 6) is -1.07. The van der Waals surface area contributed by atoms with E-state index in [1.165, 1.54) is 4.68 Å². The van der Waals surface area contributed by atoms with E-state index in [1.807, 2.05) is 0 Å². The van der Waals surface area contributed by atoms with Gasteiger partial charge in [-0.2, -0.15) is 0 Å². The first kappa shape index (κ1) is 18.3. The first-order valence-electron chi connectivity index (χ1n) is 8.90. The fourth-order valence-electron chi connectivity index (χ4n) is 3.57. The van der Waals surface area contributed by atoms with Gasteiger partial charge in [0, 0.05) is 25.2 Å². The highest BCUT2D eigenvalue weighted by molar-refractivity contribution is 6.59. The number of carboxylic acid groups (broad SMARTS) is 1. The van der Waals surface area contributed by atoms with Crippen LogP contribution in [0.3, 0.4) is 0 Å². The molecular weight excluding hydrogens is 367 g/mol. The number of nitrogens with zero attached hydrogens (tertiary/aromatic N) is 4. The zero-order valence-electron chi connectivity index (χ0n) is 14.9. The molecule has 0 atom stereocenters. The van der Waals surface area contributed by atoms with Crippen molar-refractivity contribution in [1.29, 1.82) is 5.41 Å². The summed E-state index contributed by atoms with van der Waals surface area (Å²) < 4.78 is 6.73. The smallest absolute Gasteiger partial charge is 0.430 e. The van der Waals surface area contributed by atoms with E-state index in [2.05, 4.69) is 10.3 Å². The largest absolute Gasteiger partial charge is 0.669 e. The van der Waals surface area contributed by atoms with Crippen LogP contribution < -0.4 is 10.4 Å². The maximum atomic E-state index is 11.8. The molecule has 4 rings (SSSR count). The molecule has 1 fully saturated rings. The summed E-state index contributed by atoms with van der Waals surface area (Å²) in [5.41, 5.74) is 7.13. The topological polar surface area (TPSA) is 171 Å². The van der Waals surface area contributed by atoms with Crippen molar-refractivity contribution in [1.82, 2.24) is 19.9 Å². The lowest BCUT2D eigenvalue weighted by Crippen LogP contribution is -2.51. The monoisotopic (exact) mass is 387 g/mol. The van der Waals surface area contributed by atoms with Crippen LogP contribution in [0.15, 0.2) is 18.3 Å². The summed E-state index contributed by atoms with van der Waals surface area (Å²) in [6, 6.07) is 3.42. The number of carbonyl (C=O) groups is 1. The molecule has 3 heterocycles. The van der Waals surface area contributed by atoms with Gasteiger partial charge in [-0.1, -0.05) is 23.7 Å². The van der Waals surface area contributed by atoms with Gasteiger partial charge in [0.15, 0.2) is 5.96 Å². The molecule has 1 aromatic carbocycles. The molecule has 2 aliphatic rings. The molecule has 1 saturated heterocycles. The van der Waals surface area contributed by atoms with Crippen molar-refractivity contribution in [2.45, 2.75) is 25.2 Å². The molecule has 12 heteroatoms. The summed E-state index contributed by atoms with van der Waals surface area (Å²) in [7, 11) is 0. The summed E-state index contributed by atoms with van der Waals surface area (Å²) in [6.45, 7) is -1.73. The number of fused-ring (bicyclic) bond motifs is 1. The van der Waals surface area contributed by atoms with Crippen LogP contribution in [0.25, 0.3) is 0 Å². The van der Waals surface area contributed by atoms with Gasteiger partial charge in [-0.15, -0.1) is 5.10 Å². The number of nitrogens with one attached hydrogen (secondary N) is 1. The van der Waals surface area contributed by atoms with Crippen LogP contribution in [0.1, 0.15) is 33.1 Å². The van der Waals surface area contributed by atoms with Crippen LogP contribution in [0.4, 0.5) is 0 Å². The van der Waals surface area contributed by atoms with E-state index in [9.17, 15) is 19.9 Å². The molecule has 0 radical (unpaired) electrons. The Balaban J connectivity index is 1.57. The number of rotatable bonds is 4. The van der Waals surface area contributed by atoms with Gasteiger partial charge in [0.2, 0.25) is 0 Å².